The topological polar surface area (TPSA) is 38.8 Å². The van der Waals surface area contributed by atoms with Crippen LogP contribution in [0.25, 0.3) is 76.9 Å². The summed E-state index contributed by atoms with van der Waals surface area (Å²) in [6, 6.07) is 71.4. The molecule has 0 aliphatic carbocycles. The highest BCUT2D eigenvalue weighted by atomic mass is 16.5. The van der Waals surface area contributed by atoms with E-state index in [4.69, 9.17) is 13.6 Å². The van der Waals surface area contributed by atoms with Gasteiger partial charge in [0, 0.05) is 61.6 Å². The van der Waals surface area contributed by atoms with E-state index in [0.717, 1.165) is 111 Å². The number of rotatable bonds is 7. The Morgan fingerprint density at radius 1 is 0.409 bits per heavy atom. The first-order valence-electron chi connectivity index (χ1n) is 22.7. The molecule has 0 amide bonds. The second kappa shape index (κ2) is 14.9. The Balaban J connectivity index is 0.993. The molecule has 0 unspecified atom stereocenters. The molecule has 2 aromatic heterocycles. The minimum atomic E-state index is -0.106. The summed E-state index contributed by atoms with van der Waals surface area (Å²) in [5.41, 5.74) is 18.5. The van der Waals surface area contributed by atoms with Gasteiger partial charge < -0.3 is 18.5 Å². The number of ether oxygens (including phenoxy) is 1. The van der Waals surface area contributed by atoms with Crippen molar-refractivity contribution in [3.05, 3.63) is 217 Å². The molecule has 5 heteroatoms. The number of para-hydroxylation sites is 4. The van der Waals surface area contributed by atoms with E-state index < -0.39 is 0 Å². The van der Waals surface area contributed by atoms with E-state index in [9.17, 15) is 0 Å². The van der Waals surface area contributed by atoms with Crippen molar-refractivity contribution >= 4 is 94.8 Å². The van der Waals surface area contributed by atoms with Gasteiger partial charge in [-0.25, -0.2) is 0 Å². The number of nitrogens with zero attached hydrogens (tertiary/aromatic N) is 1. The average Bonchev–Trinajstić information content (AvgIpc) is 3.92. The van der Waals surface area contributed by atoms with Crippen molar-refractivity contribution in [1.82, 2.24) is 0 Å². The lowest BCUT2D eigenvalue weighted by Crippen LogP contribution is -2.54. The zero-order chi connectivity index (χ0) is 44.0. The lowest BCUT2D eigenvalue weighted by molar-refractivity contribution is 0.487. The smallest absolute Gasteiger partial charge is 0.247 e. The number of anilines is 3. The van der Waals surface area contributed by atoms with E-state index in [0.29, 0.717) is 0 Å². The van der Waals surface area contributed by atoms with Gasteiger partial charge in [0.2, 0.25) is 6.71 Å². The quantitative estimate of drug-likeness (QED) is 0.150. The molecule has 12 aromatic rings. The maximum Gasteiger partial charge on any atom is 0.247 e. The van der Waals surface area contributed by atoms with Gasteiger partial charge in [-0.2, -0.15) is 0 Å². The van der Waals surface area contributed by atoms with Gasteiger partial charge in [0.25, 0.3) is 0 Å². The maximum absolute atomic E-state index is 7.09. The van der Waals surface area contributed by atoms with Crippen LogP contribution in [0.5, 0.6) is 11.5 Å². The highest BCUT2D eigenvalue weighted by Crippen LogP contribution is 2.50. The third-order valence-corrected chi connectivity index (χ3v) is 13.7. The summed E-state index contributed by atoms with van der Waals surface area (Å²) >= 11 is 0. The van der Waals surface area contributed by atoms with Crippen LogP contribution in [0.1, 0.15) is 16.7 Å². The van der Waals surface area contributed by atoms with Gasteiger partial charge in [0.1, 0.15) is 33.8 Å². The fourth-order valence-corrected chi connectivity index (χ4v) is 11.0. The van der Waals surface area contributed by atoms with Gasteiger partial charge in [-0.1, -0.05) is 167 Å². The normalized spacial score (nSPS) is 12.0. The Kier molecular flexibility index (Phi) is 8.63. The molecule has 66 heavy (non-hydrogen) atoms. The highest BCUT2D eigenvalue weighted by Gasteiger charge is 2.33. The van der Waals surface area contributed by atoms with Crippen LogP contribution in [0.15, 0.2) is 209 Å². The molecule has 0 bridgehead atoms. The first-order valence-corrected chi connectivity index (χ1v) is 22.7. The summed E-state index contributed by atoms with van der Waals surface area (Å²) in [6.45, 7) is 6.58. The molecule has 0 N–H and O–H groups in total. The fraction of sp³-hybridized carbons (Fsp3) is 0.0492. The monoisotopic (exact) mass is 847 g/mol. The van der Waals surface area contributed by atoms with Crippen molar-refractivity contribution in [1.29, 1.82) is 0 Å². The number of fused-ring (bicyclic) bond motifs is 8. The van der Waals surface area contributed by atoms with Crippen LogP contribution in [-0.4, -0.2) is 6.71 Å². The van der Waals surface area contributed by atoms with E-state index >= 15 is 0 Å². The number of hydrogen-bond donors (Lipinski definition) is 0. The molecule has 0 radical (unpaired) electrons. The van der Waals surface area contributed by atoms with E-state index in [1.165, 1.54) is 27.6 Å². The molecule has 4 nitrogen and oxygen atoms in total. The Labute approximate surface area is 383 Å². The van der Waals surface area contributed by atoms with Gasteiger partial charge in [0.05, 0.1) is 5.69 Å². The predicted molar refractivity (Wildman–Crippen MR) is 276 cm³/mol. The maximum atomic E-state index is 7.09. The number of aryl methyl sites for hydroxylation is 3. The van der Waals surface area contributed by atoms with Crippen LogP contribution in [0.4, 0.5) is 17.1 Å². The lowest BCUT2D eigenvalue weighted by atomic mass is 9.34. The Bertz CT molecular complexity index is 3900. The second-order valence-corrected chi connectivity index (χ2v) is 17.7. The van der Waals surface area contributed by atoms with Crippen LogP contribution < -0.4 is 26.0 Å². The van der Waals surface area contributed by atoms with Crippen molar-refractivity contribution in [2.75, 3.05) is 4.90 Å². The summed E-state index contributed by atoms with van der Waals surface area (Å²) in [6.07, 6.45) is 0. The Morgan fingerprint density at radius 2 is 1.05 bits per heavy atom. The molecule has 312 valence electrons. The summed E-state index contributed by atoms with van der Waals surface area (Å²) in [7, 11) is 0. The molecule has 1 aliphatic rings. The first kappa shape index (κ1) is 38.2. The Hall–Kier alpha value is -8.28. The van der Waals surface area contributed by atoms with Crippen LogP contribution in [0, 0.1) is 20.8 Å². The average molecular weight is 848 g/mol. The fourth-order valence-electron chi connectivity index (χ4n) is 11.0. The van der Waals surface area contributed by atoms with Crippen molar-refractivity contribution in [2.45, 2.75) is 20.8 Å². The van der Waals surface area contributed by atoms with Crippen molar-refractivity contribution in [3.8, 4) is 33.8 Å². The molecule has 0 saturated carbocycles. The minimum absolute atomic E-state index is 0.106. The largest absolute Gasteiger partial charge is 0.457 e. The summed E-state index contributed by atoms with van der Waals surface area (Å²) in [4.78, 5) is 2.33. The van der Waals surface area contributed by atoms with Gasteiger partial charge in [-0.05, 0) is 91.3 Å². The molecular weight excluding hydrogens is 805 g/mol. The summed E-state index contributed by atoms with van der Waals surface area (Å²) < 4.78 is 20.3. The molecule has 0 atom stereocenters. The van der Waals surface area contributed by atoms with Gasteiger partial charge in [-0.15, -0.1) is 0 Å². The third kappa shape index (κ3) is 5.93. The second-order valence-electron chi connectivity index (χ2n) is 17.7. The van der Waals surface area contributed by atoms with Crippen LogP contribution in [0.3, 0.4) is 0 Å². The molecule has 1 aliphatic heterocycles. The van der Waals surface area contributed by atoms with Crippen LogP contribution in [0.2, 0.25) is 0 Å². The molecule has 0 spiro atoms. The molecular formula is C61H42BNO3. The van der Waals surface area contributed by atoms with Crippen molar-refractivity contribution in [3.63, 3.8) is 0 Å². The molecule has 3 heterocycles. The molecule has 13 rings (SSSR count). The third-order valence-electron chi connectivity index (χ3n) is 13.7. The lowest BCUT2D eigenvalue weighted by Gasteiger charge is -2.30. The standard InChI is InChI=1S/C61H42BNO3/c1-37-33-38(2)60(39(3)34-37)62(52-22-13-20-49-45-19-9-12-25-55(45)66-61(49)52)51-32-31-48-47-30-28-42(36-58(47)65-56-26-14-21-50(51)59(48)56)63(53-23-10-7-17-43(53)40-15-5-4-6-16-40)41-27-29-46-44-18-8-11-24-54(44)64-57(46)35-41/h4-36H,1-3H3. The van der Waals surface area contributed by atoms with Gasteiger partial charge in [0.15, 0.2) is 0 Å². The van der Waals surface area contributed by atoms with Gasteiger partial charge in [-0.3, -0.25) is 0 Å². The summed E-state index contributed by atoms with van der Waals surface area (Å²) in [5.74, 6) is 1.65. The molecule has 0 fully saturated rings. The zero-order valence-corrected chi connectivity index (χ0v) is 36.8. The van der Waals surface area contributed by atoms with Crippen LogP contribution in [-0.2, 0) is 0 Å². The van der Waals surface area contributed by atoms with Gasteiger partial charge >= 0.3 is 0 Å². The van der Waals surface area contributed by atoms with E-state index in [1.54, 1.807) is 0 Å². The predicted octanol–water partition coefficient (Wildman–Crippen LogP) is 15.0. The molecule has 0 saturated heterocycles. The van der Waals surface area contributed by atoms with E-state index in [-0.39, 0.29) is 6.71 Å². The van der Waals surface area contributed by atoms with E-state index in [1.807, 2.05) is 18.2 Å². The zero-order valence-electron chi connectivity index (χ0n) is 36.8. The van der Waals surface area contributed by atoms with Crippen LogP contribution >= 0.6 is 0 Å². The number of benzene rings is 10. The summed E-state index contributed by atoms with van der Waals surface area (Å²) in [5, 5.41) is 6.73. The van der Waals surface area contributed by atoms with Crippen molar-refractivity contribution in [2.24, 2.45) is 0 Å². The number of hydrogen-bond acceptors (Lipinski definition) is 4. The highest BCUT2D eigenvalue weighted by molar-refractivity contribution is 6.98. The number of furan rings is 2. The van der Waals surface area contributed by atoms with E-state index in [2.05, 4.69) is 208 Å². The minimum Gasteiger partial charge on any atom is -0.457 e. The van der Waals surface area contributed by atoms with Crippen molar-refractivity contribution < 1.29 is 13.6 Å². The SMILES string of the molecule is Cc1cc(C)c(B(c2ccc3c4c(cccc24)Oc2cc(N(c4ccc5c(c4)oc4ccccc45)c4ccccc4-c4ccccc4)ccc2-3)c2cccc3c2oc2ccccc23)c(C)c1. The first-order chi connectivity index (χ1) is 32.5. The Morgan fingerprint density at radius 3 is 1.88 bits per heavy atom. The molecule has 10 aromatic carbocycles.